The molecule has 0 bridgehead atoms. The summed E-state index contributed by atoms with van der Waals surface area (Å²) in [4.78, 5) is 16.8. The van der Waals surface area contributed by atoms with Gasteiger partial charge in [0.25, 0.3) is 0 Å². The zero-order valence-electron chi connectivity index (χ0n) is 20.8. The summed E-state index contributed by atoms with van der Waals surface area (Å²) in [6.45, 7) is 5.14. The van der Waals surface area contributed by atoms with Gasteiger partial charge in [-0.25, -0.2) is 0 Å². The van der Waals surface area contributed by atoms with Gasteiger partial charge < -0.3 is 10.1 Å². The number of ether oxygens (including phenoxy) is 1. The number of carbonyl (C=O) groups excluding carboxylic acids is 1. The van der Waals surface area contributed by atoms with E-state index in [9.17, 15) is 4.79 Å². The number of ketones is 1. The van der Waals surface area contributed by atoms with E-state index in [1.165, 1.54) is 5.56 Å². The fraction of sp³-hybridized carbons (Fsp3) is 0.194. The molecule has 2 heterocycles. The summed E-state index contributed by atoms with van der Waals surface area (Å²) in [5.41, 5.74) is 2.99. The molecule has 10 radical (unpaired) electrons. The van der Waals surface area contributed by atoms with Crippen molar-refractivity contribution in [2.75, 3.05) is 33.3 Å². The van der Waals surface area contributed by atoms with Gasteiger partial charge >= 0.3 is 17.1 Å². The first-order valence-corrected chi connectivity index (χ1v) is 13.1. The Labute approximate surface area is 236 Å². The first kappa shape index (κ1) is 28.3. The van der Waals surface area contributed by atoms with E-state index in [1.807, 2.05) is 69.2 Å². The molecule has 2 saturated carbocycles. The van der Waals surface area contributed by atoms with Crippen molar-refractivity contribution in [3.63, 3.8) is 0 Å². The van der Waals surface area contributed by atoms with Crippen LogP contribution < -0.4 is 10.1 Å². The SMILES string of the molecule is COc1ccc2c([C]3[CH][CH][CH][CH]3)c(C(=O)c3ccc(CN4CCNCC4)cc3)sc2c1.[CH]1[CH][CH][CH][CH]1.[Fe+2]. The Morgan fingerprint density at radius 1 is 0.919 bits per heavy atom. The zero-order chi connectivity index (χ0) is 24.7. The van der Waals surface area contributed by atoms with Crippen LogP contribution in [0.2, 0.25) is 0 Å². The Morgan fingerprint density at radius 2 is 1.57 bits per heavy atom. The van der Waals surface area contributed by atoms with Gasteiger partial charge in [-0.1, -0.05) is 24.3 Å². The van der Waals surface area contributed by atoms with E-state index in [-0.39, 0.29) is 22.9 Å². The van der Waals surface area contributed by atoms with Crippen LogP contribution in [-0.2, 0) is 23.6 Å². The van der Waals surface area contributed by atoms with Crippen molar-refractivity contribution in [2.45, 2.75) is 6.54 Å². The van der Waals surface area contributed by atoms with Gasteiger partial charge in [0, 0.05) is 48.9 Å². The van der Waals surface area contributed by atoms with E-state index in [1.54, 1.807) is 18.4 Å². The molecule has 6 heteroatoms. The normalized spacial score (nSPS) is 18.3. The predicted molar refractivity (Wildman–Crippen MR) is 147 cm³/mol. The second-order valence-electron chi connectivity index (χ2n) is 8.86. The topological polar surface area (TPSA) is 41.6 Å². The van der Waals surface area contributed by atoms with Crippen LogP contribution in [0.15, 0.2) is 42.5 Å². The first-order valence-electron chi connectivity index (χ1n) is 12.3. The van der Waals surface area contributed by atoms with Crippen LogP contribution in [0.3, 0.4) is 0 Å². The maximum atomic E-state index is 13.5. The van der Waals surface area contributed by atoms with Crippen molar-refractivity contribution in [2.24, 2.45) is 0 Å². The number of benzene rings is 2. The van der Waals surface area contributed by atoms with Gasteiger partial charge in [0.1, 0.15) is 5.75 Å². The average molecular weight is 551 g/mol. The van der Waals surface area contributed by atoms with E-state index in [0.29, 0.717) is 0 Å². The molecular weight excluding hydrogens is 520 g/mol. The third-order valence-electron chi connectivity index (χ3n) is 6.44. The van der Waals surface area contributed by atoms with Crippen LogP contribution in [0.4, 0.5) is 0 Å². The molecule has 1 aromatic heterocycles. The molecule has 3 aliphatic rings. The van der Waals surface area contributed by atoms with E-state index in [2.05, 4.69) is 41.3 Å². The molecule has 1 N–H and O–H groups in total. The van der Waals surface area contributed by atoms with Crippen molar-refractivity contribution in [3.8, 4) is 5.75 Å². The third kappa shape index (κ3) is 7.04. The number of nitrogens with one attached hydrogen (secondary N) is 1. The number of fused-ring (bicyclic) bond motifs is 1. The van der Waals surface area contributed by atoms with Gasteiger partial charge in [0.2, 0.25) is 5.78 Å². The Morgan fingerprint density at radius 3 is 2.19 bits per heavy atom. The summed E-state index contributed by atoms with van der Waals surface area (Å²) in [5.74, 6) is 1.96. The number of hydrogen-bond donors (Lipinski definition) is 1. The molecule has 1 saturated heterocycles. The molecule has 3 fully saturated rings. The molecule has 0 atom stereocenters. The molecule has 0 spiro atoms. The quantitative estimate of drug-likeness (QED) is 0.334. The Bertz CT molecular complexity index is 1140. The molecule has 6 rings (SSSR count). The standard InChI is InChI=1S/C26H25N2O2S.C5H5.Fe/c1-30-21-10-11-22-23(16-21)31-26(24(22)19-4-2-3-5-19)25(29)20-8-6-18(7-9-20)17-28-14-12-27-13-15-28;1-2-4-5-3-1;/h2-11,16,27H,12-15,17H2,1H3;1-5H;/q;;+2. The summed E-state index contributed by atoms with van der Waals surface area (Å²) in [5, 5.41) is 4.48. The third-order valence-corrected chi connectivity index (χ3v) is 7.59. The Balaban J connectivity index is 0.000000479. The van der Waals surface area contributed by atoms with Crippen molar-refractivity contribution in [1.29, 1.82) is 0 Å². The number of carbonyl (C=O) groups is 1. The smallest absolute Gasteiger partial charge is 0.497 e. The van der Waals surface area contributed by atoms with Crippen LogP contribution in [0, 0.1) is 63.7 Å². The van der Waals surface area contributed by atoms with Crippen LogP contribution >= 0.6 is 11.3 Å². The minimum absolute atomic E-state index is 0. The summed E-state index contributed by atoms with van der Waals surface area (Å²) in [6, 6.07) is 14.2. The van der Waals surface area contributed by atoms with E-state index in [4.69, 9.17) is 4.74 Å². The second-order valence-corrected chi connectivity index (χ2v) is 9.91. The van der Waals surface area contributed by atoms with Crippen LogP contribution in [-0.4, -0.2) is 44.0 Å². The fourth-order valence-corrected chi connectivity index (χ4v) is 5.75. The van der Waals surface area contributed by atoms with Crippen molar-refractivity contribution in [1.82, 2.24) is 10.2 Å². The number of methoxy groups -OCH3 is 1. The number of rotatable bonds is 6. The molecule has 0 amide bonds. The van der Waals surface area contributed by atoms with E-state index >= 15 is 0 Å². The summed E-state index contributed by atoms with van der Waals surface area (Å²) in [7, 11) is 1.67. The summed E-state index contributed by atoms with van der Waals surface area (Å²) in [6.07, 6.45) is 18.2. The molecule has 4 nitrogen and oxygen atoms in total. The molecule has 37 heavy (non-hydrogen) atoms. The van der Waals surface area contributed by atoms with Crippen LogP contribution in [0.1, 0.15) is 26.4 Å². The summed E-state index contributed by atoms with van der Waals surface area (Å²) < 4.78 is 6.46. The molecule has 2 aromatic carbocycles. The molecular formula is C31H30FeN2O2S+2. The molecule has 188 valence electrons. The van der Waals surface area contributed by atoms with Crippen molar-refractivity contribution < 1.29 is 26.6 Å². The maximum absolute atomic E-state index is 13.5. The molecule has 3 aromatic rings. The Kier molecular flexibility index (Phi) is 10.6. The fourth-order valence-electron chi connectivity index (χ4n) is 4.53. The van der Waals surface area contributed by atoms with Crippen molar-refractivity contribution >= 4 is 27.2 Å². The van der Waals surface area contributed by atoms with Gasteiger partial charge in [-0.05, 0) is 92.5 Å². The molecule has 1 aliphatic heterocycles. The maximum Gasteiger partial charge on any atom is 2.00 e. The number of thiophene rings is 1. The van der Waals surface area contributed by atoms with Gasteiger partial charge in [-0.3, -0.25) is 9.69 Å². The van der Waals surface area contributed by atoms with Crippen LogP contribution in [0.5, 0.6) is 5.75 Å². The second kappa shape index (κ2) is 13.9. The number of hydrogen-bond acceptors (Lipinski definition) is 5. The summed E-state index contributed by atoms with van der Waals surface area (Å²) >= 11 is 1.54. The first-order chi connectivity index (χ1) is 17.7. The molecule has 0 unspecified atom stereocenters. The van der Waals surface area contributed by atoms with Crippen LogP contribution in [0.25, 0.3) is 10.1 Å². The zero-order valence-corrected chi connectivity index (χ0v) is 22.7. The van der Waals surface area contributed by atoms with E-state index in [0.717, 1.165) is 70.5 Å². The van der Waals surface area contributed by atoms with Gasteiger partial charge in [0.05, 0.1) is 12.0 Å². The van der Waals surface area contributed by atoms with Gasteiger partial charge in [-0.15, -0.1) is 11.3 Å². The minimum Gasteiger partial charge on any atom is -0.497 e. The largest absolute Gasteiger partial charge is 2.00 e. The van der Waals surface area contributed by atoms with Gasteiger partial charge in [0.15, 0.2) is 0 Å². The number of nitrogens with zero attached hydrogens (tertiary/aromatic N) is 1. The van der Waals surface area contributed by atoms with E-state index < -0.39 is 0 Å². The van der Waals surface area contributed by atoms with Crippen molar-refractivity contribution in [3.05, 3.63) is 128 Å². The minimum atomic E-state index is 0. The average Bonchev–Trinajstić information content (AvgIpc) is 3.71. The Hall–Kier alpha value is -1.69. The van der Waals surface area contributed by atoms with Gasteiger partial charge in [-0.2, -0.15) is 0 Å². The predicted octanol–water partition coefficient (Wildman–Crippen LogP) is 5.32. The number of piperazine rings is 1. The monoisotopic (exact) mass is 550 g/mol. The molecule has 2 aliphatic carbocycles.